The number of nitrogens with zero attached hydrogens (tertiary/aromatic N) is 1. The highest BCUT2D eigenvalue weighted by Crippen LogP contribution is 2.59. The van der Waals surface area contributed by atoms with Gasteiger partial charge in [-0.15, -0.1) is 11.3 Å². The first-order chi connectivity index (χ1) is 35.7. The minimum absolute atomic E-state index is 0.426. The molecule has 14 rings (SSSR count). The second-order valence-electron chi connectivity index (χ2n) is 19.2. The fourth-order valence-corrected chi connectivity index (χ4v) is 13.2. The molecule has 0 fully saturated rings. The lowest BCUT2D eigenvalue weighted by atomic mass is 9.67. The smallest absolute Gasteiger partial charge is 0.0713 e. The van der Waals surface area contributed by atoms with Crippen LogP contribution in [0.1, 0.15) is 44.5 Å². The van der Waals surface area contributed by atoms with Gasteiger partial charge in [0.2, 0.25) is 0 Å². The van der Waals surface area contributed by atoms with E-state index in [0.29, 0.717) is 0 Å². The quantitative estimate of drug-likeness (QED) is 0.139. The van der Waals surface area contributed by atoms with Gasteiger partial charge in [-0.25, -0.2) is 0 Å². The molecule has 0 bridgehead atoms. The highest BCUT2D eigenvalue weighted by Gasteiger charge is 2.47. The van der Waals surface area contributed by atoms with E-state index in [9.17, 15) is 0 Å². The molecule has 2 aliphatic carbocycles. The second kappa shape index (κ2) is 16.9. The van der Waals surface area contributed by atoms with Crippen molar-refractivity contribution in [3.05, 3.63) is 329 Å². The van der Waals surface area contributed by atoms with Crippen LogP contribution in [-0.4, -0.2) is 0 Å². The Morgan fingerprint density at radius 2 is 0.681 bits per heavy atom. The second-order valence-corrected chi connectivity index (χ2v) is 20.1. The third-order valence-corrected chi connectivity index (χ3v) is 16.4. The Balaban J connectivity index is 0.894. The molecule has 0 atom stereocenters. The average molecular weight is 934 g/mol. The standard InChI is InChI=1S/C70H47NS/c1-5-22-53(23-6-1)69(54-24-7-2-8-25-54)64-33-15-13-31-60(64)62-46-51(35-38-66(62)69)49-20-17-19-48(43-49)50-21-18-30-57(44-50)71(58-37-40-68-52(45-58)41-42-72-68)59-36-39-67-63(47-59)61-32-14-16-34-65(61)70(67,55-26-9-3-10-27-55)56-28-11-4-12-29-56/h1-47H. The van der Waals surface area contributed by atoms with Crippen LogP contribution in [0.5, 0.6) is 0 Å². The van der Waals surface area contributed by atoms with Crippen molar-refractivity contribution in [2.24, 2.45) is 0 Å². The molecule has 0 spiro atoms. The summed E-state index contributed by atoms with van der Waals surface area (Å²) in [4.78, 5) is 2.45. The van der Waals surface area contributed by atoms with Crippen LogP contribution >= 0.6 is 11.3 Å². The Bertz CT molecular complexity index is 3910. The molecule has 72 heavy (non-hydrogen) atoms. The Morgan fingerprint density at radius 1 is 0.264 bits per heavy atom. The van der Waals surface area contributed by atoms with E-state index in [-0.39, 0.29) is 0 Å². The van der Waals surface area contributed by atoms with Gasteiger partial charge < -0.3 is 4.90 Å². The van der Waals surface area contributed by atoms with Crippen molar-refractivity contribution in [1.82, 2.24) is 0 Å². The predicted octanol–water partition coefficient (Wildman–Crippen LogP) is 18.4. The maximum Gasteiger partial charge on any atom is 0.0713 e. The van der Waals surface area contributed by atoms with Crippen LogP contribution < -0.4 is 4.90 Å². The normalized spacial score (nSPS) is 13.5. The topological polar surface area (TPSA) is 3.24 Å². The molecule has 2 heteroatoms. The summed E-state index contributed by atoms with van der Waals surface area (Å²) in [5.41, 5.74) is 22.6. The van der Waals surface area contributed by atoms with E-state index in [2.05, 4.69) is 289 Å². The SMILES string of the molecule is c1ccc(C2(c3ccccc3)c3ccccc3-c3cc(-c4cccc(-c5cccc(N(c6ccc7c(c6)-c6ccccc6C7(c6ccccc6)c6ccccc6)c6ccc7sccc7c6)c5)c4)ccc32)cc1. The van der Waals surface area contributed by atoms with Gasteiger partial charge in [0, 0.05) is 21.8 Å². The van der Waals surface area contributed by atoms with Gasteiger partial charge >= 0.3 is 0 Å². The summed E-state index contributed by atoms with van der Waals surface area (Å²) in [6, 6.07) is 104. The third kappa shape index (κ3) is 6.39. The Hall–Kier alpha value is -8.82. The van der Waals surface area contributed by atoms with Crippen molar-refractivity contribution in [1.29, 1.82) is 0 Å². The van der Waals surface area contributed by atoms with Gasteiger partial charge in [0.05, 0.1) is 10.8 Å². The number of benzene rings is 11. The summed E-state index contributed by atoms with van der Waals surface area (Å²) in [6.07, 6.45) is 0. The van der Waals surface area contributed by atoms with Gasteiger partial charge in [0.25, 0.3) is 0 Å². The summed E-state index contributed by atoms with van der Waals surface area (Å²) in [6.45, 7) is 0. The number of fused-ring (bicyclic) bond motifs is 7. The first kappa shape index (κ1) is 42.1. The molecule has 1 aromatic heterocycles. The Kier molecular flexibility index (Phi) is 9.91. The van der Waals surface area contributed by atoms with Crippen molar-refractivity contribution in [3.63, 3.8) is 0 Å². The first-order valence-electron chi connectivity index (χ1n) is 24.9. The van der Waals surface area contributed by atoms with E-state index in [4.69, 9.17) is 0 Å². The van der Waals surface area contributed by atoms with Gasteiger partial charge in [-0.05, 0) is 160 Å². The lowest BCUT2D eigenvalue weighted by molar-refractivity contribution is 0.768. The van der Waals surface area contributed by atoms with Crippen molar-refractivity contribution in [2.45, 2.75) is 10.8 Å². The molecular formula is C70H47NS. The molecule has 0 radical (unpaired) electrons. The van der Waals surface area contributed by atoms with Crippen LogP contribution in [0.2, 0.25) is 0 Å². The maximum atomic E-state index is 2.45. The zero-order valence-electron chi connectivity index (χ0n) is 39.5. The van der Waals surface area contributed by atoms with E-state index < -0.39 is 10.8 Å². The Morgan fingerprint density at radius 3 is 1.25 bits per heavy atom. The lowest BCUT2D eigenvalue weighted by Gasteiger charge is -2.34. The zero-order valence-corrected chi connectivity index (χ0v) is 40.3. The molecular weight excluding hydrogens is 887 g/mol. The van der Waals surface area contributed by atoms with Gasteiger partial charge in [-0.1, -0.05) is 218 Å². The highest BCUT2D eigenvalue weighted by atomic mass is 32.1. The molecule has 0 unspecified atom stereocenters. The lowest BCUT2D eigenvalue weighted by Crippen LogP contribution is -2.28. The number of hydrogen-bond acceptors (Lipinski definition) is 2. The van der Waals surface area contributed by atoms with Crippen LogP contribution in [0, 0.1) is 0 Å². The van der Waals surface area contributed by atoms with Crippen LogP contribution in [0.15, 0.2) is 284 Å². The molecule has 0 aliphatic heterocycles. The minimum Gasteiger partial charge on any atom is -0.310 e. The molecule has 2 aliphatic rings. The first-order valence-corrected chi connectivity index (χ1v) is 25.8. The van der Waals surface area contributed by atoms with Gasteiger partial charge in [-0.3, -0.25) is 0 Å². The van der Waals surface area contributed by atoms with Crippen LogP contribution in [0.3, 0.4) is 0 Å². The van der Waals surface area contributed by atoms with Gasteiger partial charge in [0.1, 0.15) is 0 Å². The molecule has 11 aromatic carbocycles. The fraction of sp³-hybridized carbons (Fsp3) is 0.0286. The van der Waals surface area contributed by atoms with E-state index in [1.54, 1.807) is 11.3 Å². The molecule has 0 amide bonds. The van der Waals surface area contributed by atoms with Crippen LogP contribution in [0.4, 0.5) is 17.1 Å². The maximum absolute atomic E-state index is 2.45. The molecule has 1 nitrogen and oxygen atoms in total. The highest BCUT2D eigenvalue weighted by molar-refractivity contribution is 7.17. The van der Waals surface area contributed by atoms with E-state index in [1.807, 2.05) is 0 Å². The summed E-state index contributed by atoms with van der Waals surface area (Å²) < 4.78 is 1.28. The minimum atomic E-state index is -0.465. The van der Waals surface area contributed by atoms with Gasteiger partial charge in [0.15, 0.2) is 0 Å². The van der Waals surface area contributed by atoms with Crippen molar-refractivity contribution >= 4 is 38.5 Å². The zero-order chi connectivity index (χ0) is 47.6. The number of hydrogen-bond donors (Lipinski definition) is 0. The van der Waals surface area contributed by atoms with E-state index in [0.717, 1.165) is 22.6 Å². The number of anilines is 3. The molecule has 1 heterocycles. The monoisotopic (exact) mass is 933 g/mol. The number of rotatable bonds is 9. The largest absolute Gasteiger partial charge is 0.310 e. The van der Waals surface area contributed by atoms with Crippen LogP contribution in [-0.2, 0) is 10.8 Å². The van der Waals surface area contributed by atoms with Crippen molar-refractivity contribution < 1.29 is 0 Å². The van der Waals surface area contributed by atoms with Gasteiger partial charge in [-0.2, -0.15) is 0 Å². The van der Waals surface area contributed by atoms with Crippen molar-refractivity contribution in [3.8, 4) is 44.5 Å². The van der Waals surface area contributed by atoms with E-state index >= 15 is 0 Å². The van der Waals surface area contributed by atoms with Crippen LogP contribution in [0.25, 0.3) is 54.6 Å². The molecule has 12 aromatic rings. The summed E-state index contributed by atoms with van der Waals surface area (Å²) in [5.74, 6) is 0. The fourth-order valence-electron chi connectivity index (χ4n) is 12.4. The third-order valence-electron chi connectivity index (χ3n) is 15.5. The molecule has 0 N–H and O–H groups in total. The summed E-state index contributed by atoms with van der Waals surface area (Å²) in [7, 11) is 0. The summed E-state index contributed by atoms with van der Waals surface area (Å²) >= 11 is 1.78. The van der Waals surface area contributed by atoms with E-state index in [1.165, 1.54) is 93.5 Å². The molecule has 0 saturated heterocycles. The average Bonchev–Trinajstić information content (AvgIpc) is 4.14. The number of thiophene rings is 1. The molecule has 0 saturated carbocycles. The summed E-state index contributed by atoms with van der Waals surface area (Å²) in [5, 5.41) is 3.43. The predicted molar refractivity (Wildman–Crippen MR) is 302 cm³/mol. The van der Waals surface area contributed by atoms with Crippen molar-refractivity contribution in [2.75, 3.05) is 4.90 Å². The molecule has 338 valence electrons. The Labute approximate surface area is 425 Å².